The number of thioether (sulfide) groups is 1. The minimum atomic E-state index is -0.984. The van der Waals surface area contributed by atoms with E-state index in [4.69, 9.17) is 17.0 Å². The molecule has 1 fully saturated rings. The average molecular weight is 419 g/mol. The number of hydrogen-bond acceptors (Lipinski definition) is 5. The Morgan fingerprint density at radius 1 is 1.30 bits per heavy atom. The summed E-state index contributed by atoms with van der Waals surface area (Å²) in [7, 11) is 1.65. The van der Waals surface area contributed by atoms with E-state index in [1.807, 2.05) is 42.1 Å². The molecule has 0 spiro atoms. The van der Waals surface area contributed by atoms with E-state index in [2.05, 4.69) is 28.1 Å². The van der Waals surface area contributed by atoms with Gasteiger partial charge < -0.3 is 20.1 Å². The minimum Gasteiger partial charge on any atom is -0.497 e. The summed E-state index contributed by atoms with van der Waals surface area (Å²) in [6.07, 6.45) is 0. The number of rotatable bonds is 3. The van der Waals surface area contributed by atoms with Crippen molar-refractivity contribution in [3.05, 3.63) is 46.2 Å². The Morgan fingerprint density at radius 3 is 2.70 bits per heavy atom. The van der Waals surface area contributed by atoms with Gasteiger partial charge in [0.05, 0.1) is 12.0 Å². The van der Waals surface area contributed by atoms with Gasteiger partial charge in [-0.25, -0.2) is 0 Å². The summed E-state index contributed by atoms with van der Waals surface area (Å²) in [5.41, 5.74) is -0.0401. The Labute approximate surface area is 173 Å². The fraction of sp³-hybridized carbons (Fsp3) is 0.350. The Bertz CT molecular complexity index is 860. The molecular formula is C20H22N2O2S3. The minimum absolute atomic E-state index is 0.186. The molecule has 142 valence electrons. The van der Waals surface area contributed by atoms with Gasteiger partial charge in [0, 0.05) is 22.9 Å². The van der Waals surface area contributed by atoms with Gasteiger partial charge in [-0.1, -0.05) is 11.8 Å². The average Bonchev–Trinajstić information content (AvgIpc) is 3.29. The molecule has 1 aliphatic rings. The number of hydrogen-bond donors (Lipinski definition) is 2. The largest absolute Gasteiger partial charge is 0.497 e. The molecule has 0 radical (unpaired) electrons. The SMILES string of the molecule is COc1ccc(NC(=S)N2CCSC2c2ccc(C#CC(C)(C)O)s2)cc1. The highest BCUT2D eigenvalue weighted by Gasteiger charge is 2.29. The highest BCUT2D eigenvalue weighted by Crippen LogP contribution is 2.41. The van der Waals surface area contributed by atoms with Crippen LogP contribution in [0.2, 0.25) is 0 Å². The molecule has 1 unspecified atom stereocenters. The van der Waals surface area contributed by atoms with Crippen LogP contribution < -0.4 is 10.1 Å². The first-order chi connectivity index (χ1) is 12.9. The van der Waals surface area contributed by atoms with E-state index in [0.717, 1.165) is 28.6 Å². The summed E-state index contributed by atoms with van der Waals surface area (Å²) >= 11 is 9.18. The van der Waals surface area contributed by atoms with E-state index in [9.17, 15) is 5.11 Å². The van der Waals surface area contributed by atoms with Crippen LogP contribution in [0.3, 0.4) is 0 Å². The first-order valence-corrected chi connectivity index (χ1v) is 10.8. The lowest BCUT2D eigenvalue weighted by atomic mass is 10.1. The number of thiophene rings is 1. The maximum absolute atomic E-state index is 9.77. The van der Waals surface area contributed by atoms with Crippen LogP contribution in [-0.2, 0) is 0 Å². The molecule has 1 aromatic heterocycles. The van der Waals surface area contributed by atoms with Gasteiger partial charge in [-0.15, -0.1) is 23.1 Å². The Morgan fingerprint density at radius 2 is 2.04 bits per heavy atom. The van der Waals surface area contributed by atoms with Crippen molar-refractivity contribution in [3.8, 4) is 17.6 Å². The van der Waals surface area contributed by atoms with Crippen molar-refractivity contribution in [1.82, 2.24) is 4.90 Å². The molecule has 2 heterocycles. The zero-order chi connectivity index (χ0) is 19.4. The van der Waals surface area contributed by atoms with Crippen LogP contribution >= 0.6 is 35.3 Å². The predicted octanol–water partition coefficient (Wildman–Crippen LogP) is 4.32. The van der Waals surface area contributed by atoms with Crippen LogP contribution in [0.5, 0.6) is 5.75 Å². The quantitative estimate of drug-likeness (QED) is 0.572. The lowest BCUT2D eigenvalue weighted by molar-refractivity contribution is 0.143. The number of anilines is 1. The summed E-state index contributed by atoms with van der Waals surface area (Å²) in [5, 5.41) is 14.0. The van der Waals surface area contributed by atoms with Crippen molar-refractivity contribution >= 4 is 46.1 Å². The molecule has 0 bridgehead atoms. The number of methoxy groups -OCH3 is 1. The molecule has 0 aliphatic carbocycles. The molecule has 0 saturated carbocycles. The van der Waals surface area contributed by atoms with Crippen molar-refractivity contribution in [2.75, 3.05) is 24.7 Å². The molecule has 27 heavy (non-hydrogen) atoms. The zero-order valence-corrected chi connectivity index (χ0v) is 17.9. The maximum Gasteiger partial charge on any atom is 0.174 e. The van der Waals surface area contributed by atoms with E-state index < -0.39 is 5.60 Å². The summed E-state index contributed by atoms with van der Waals surface area (Å²) in [6, 6.07) is 11.8. The molecule has 1 aromatic carbocycles. The van der Waals surface area contributed by atoms with Gasteiger partial charge in [0.15, 0.2) is 5.11 Å². The number of benzene rings is 1. The molecule has 1 atom stereocenters. The zero-order valence-electron chi connectivity index (χ0n) is 15.5. The molecule has 1 saturated heterocycles. The van der Waals surface area contributed by atoms with Gasteiger partial charge in [0.2, 0.25) is 0 Å². The van der Waals surface area contributed by atoms with Crippen molar-refractivity contribution in [3.63, 3.8) is 0 Å². The summed E-state index contributed by atoms with van der Waals surface area (Å²) in [4.78, 5) is 4.38. The van der Waals surface area contributed by atoms with Crippen LogP contribution in [0, 0.1) is 11.8 Å². The molecule has 4 nitrogen and oxygen atoms in total. The third kappa shape index (κ3) is 5.39. The van der Waals surface area contributed by atoms with Crippen LogP contribution in [0.4, 0.5) is 5.69 Å². The maximum atomic E-state index is 9.77. The fourth-order valence-electron chi connectivity index (χ4n) is 2.55. The number of aliphatic hydroxyl groups is 1. The first kappa shape index (κ1) is 20.0. The molecule has 1 aliphatic heterocycles. The molecule has 0 amide bonds. The van der Waals surface area contributed by atoms with Gasteiger partial charge in [0.1, 0.15) is 16.7 Å². The lowest BCUT2D eigenvalue weighted by Crippen LogP contribution is -2.33. The number of nitrogens with zero attached hydrogens (tertiary/aromatic N) is 1. The Balaban J connectivity index is 1.70. The van der Waals surface area contributed by atoms with Crippen LogP contribution in [0.1, 0.15) is 29.0 Å². The smallest absolute Gasteiger partial charge is 0.174 e. The summed E-state index contributed by atoms with van der Waals surface area (Å²) in [6.45, 7) is 4.28. The van der Waals surface area contributed by atoms with Crippen molar-refractivity contribution in [2.24, 2.45) is 0 Å². The topological polar surface area (TPSA) is 44.7 Å². The van der Waals surface area contributed by atoms with Gasteiger partial charge in [0.25, 0.3) is 0 Å². The van der Waals surface area contributed by atoms with Gasteiger partial charge in [-0.05, 0) is 62.5 Å². The number of thiocarbonyl (C=S) groups is 1. The van der Waals surface area contributed by atoms with E-state index in [1.165, 1.54) is 4.88 Å². The summed E-state index contributed by atoms with van der Waals surface area (Å²) < 4.78 is 5.19. The van der Waals surface area contributed by atoms with E-state index in [-0.39, 0.29) is 5.37 Å². The Kier molecular flexibility index (Phi) is 6.33. The predicted molar refractivity (Wildman–Crippen MR) is 119 cm³/mol. The second-order valence-electron chi connectivity index (χ2n) is 6.59. The van der Waals surface area contributed by atoms with Gasteiger partial charge >= 0.3 is 0 Å². The highest BCUT2D eigenvalue weighted by atomic mass is 32.2. The van der Waals surface area contributed by atoms with E-state index >= 15 is 0 Å². The lowest BCUT2D eigenvalue weighted by Gasteiger charge is -2.26. The van der Waals surface area contributed by atoms with Gasteiger partial charge in [-0.2, -0.15) is 0 Å². The highest BCUT2D eigenvalue weighted by molar-refractivity contribution is 7.99. The molecule has 2 N–H and O–H groups in total. The van der Waals surface area contributed by atoms with Crippen molar-refractivity contribution < 1.29 is 9.84 Å². The summed E-state index contributed by atoms with van der Waals surface area (Å²) in [5.74, 6) is 7.76. The van der Waals surface area contributed by atoms with Crippen LogP contribution in [-0.4, -0.2) is 40.1 Å². The second-order valence-corrected chi connectivity index (χ2v) is 9.28. The van der Waals surface area contributed by atoms with Gasteiger partial charge in [-0.3, -0.25) is 0 Å². The molecule has 7 heteroatoms. The monoisotopic (exact) mass is 418 g/mol. The normalized spacial score (nSPS) is 16.6. The number of nitrogens with one attached hydrogen (secondary N) is 1. The fourth-order valence-corrected chi connectivity index (χ4v) is 5.30. The third-order valence-electron chi connectivity index (χ3n) is 3.85. The van der Waals surface area contributed by atoms with Crippen molar-refractivity contribution in [1.29, 1.82) is 0 Å². The standard InChI is InChI=1S/C20H22N2O2S3/c1-20(2,23)11-10-16-8-9-17(27-16)18-22(12-13-26-18)19(25)21-14-4-6-15(24-3)7-5-14/h4-9,18,23H,12-13H2,1-3H3,(H,21,25). The van der Waals surface area contributed by atoms with E-state index in [0.29, 0.717) is 5.11 Å². The van der Waals surface area contributed by atoms with E-state index in [1.54, 1.807) is 32.3 Å². The van der Waals surface area contributed by atoms with Crippen LogP contribution in [0.15, 0.2) is 36.4 Å². The first-order valence-electron chi connectivity index (χ1n) is 8.54. The second kappa shape index (κ2) is 8.53. The molecule has 3 rings (SSSR count). The molecular weight excluding hydrogens is 396 g/mol. The third-order valence-corrected chi connectivity index (χ3v) is 6.64. The number of ether oxygens (including phenoxy) is 1. The van der Waals surface area contributed by atoms with Crippen LogP contribution in [0.25, 0.3) is 0 Å². The van der Waals surface area contributed by atoms with Crippen molar-refractivity contribution in [2.45, 2.75) is 24.8 Å². The molecule has 2 aromatic rings. The Hall–Kier alpha value is -1.72.